The van der Waals surface area contributed by atoms with E-state index in [-0.39, 0.29) is 21.2 Å². The topological polar surface area (TPSA) is 96.0 Å². The number of benzene rings is 2. The number of anilines is 2. The zero-order valence-electron chi connectivity index (χ0n) is 11.1. The van der Waals surface area contributed by atoms with Gasteiger partial charge in [-0.25, -0.2) is 8.42 Å². The van der Waals surface area contributed by atoms with Crippen LogP contribution in [-0.4, -0.2) is 8.42 Å². The average Bonchev–Trinajstić information content (AvgIpc) is 2.42. The molecule has 21 heavy (non-hydrogen) atoms. The predicted octanol–water partition coefficient (Wildman–Crippen LogP) is 2.90. The van der Waals surface area contributed by atoms with Gasteiger partial charge in [-0.15, -0.1) is 0 Å². The van der Waals surface area contributed by atoms with E-state index in [1.54, 1.807) is 25.1 Å². The van der Waals surface area contributed by atoms with Gasteiger partial charge in [0.05, 0.1) is 27.2 Å². The molecule has 2 aromatic carbocycles. The van der Waals surface area contributed by atoms with E-state index in [1.165, 1.54) is 18.2 Å². The number of nitrogens with zero attached hydrogens (tertiary/aromatic N) is 1. The van der Waals surface area contributed by atoms with Gasteiger partial charge in [0.25, 0.3) is 10.0 Å². The number of aryl methyl sites for hydroxylation is 1. The lowest BCUT2D eigenvalue weighted by molar-refractivity contribution is 0.600. The summed E-state index contributed by atoms with van der Waals surface area (Å²) in [6.07, 6.45) is 0. The smallest absolute Gasteiger partial charge is 0.262 e. The Morgan fingerprint density at radius 3 is 2.57 bits per heavy atom. The molecule has 0 radical (unpaired) electrons. The molecule has 0 saturated carbocycles. The minimum Gasteiger partial charge on any atom is -0.399 e. The highest BCUT2D eigenvalue weighted by atomic mass is 35.5. The van der Waals surface area contributed by atoms with Gasteiger partial charge in [-0.05, 0) is 42.8 Å². The number of hydrogen-bond acceptors (Lipinski definition) is 4. The normalized spacial score (nSPS) is 10.9. The van der Waals surface area contributed by atoms with Crippen molar-refractivity contribution in [2.45, 2.75) is 11.8 Å². The molecule has 0 bridgehead atoms. The van der Waals surface area contributed by atoms with Gasteiger partial charge in [-0.1, -0.05) is 17.7 Å². The Morgan fingerprint density at radius 1 is 1.24 bits per heavy atom. The van der Waals surface area contributed by atoms with Gasteiger partial charge in [0.2, 0.25) is 0 Å². The van der Waals surface area contributed by atoms with E-state index >= 15 is 0 Å². The first kappa shape index (κ1) is 15.2. The molecular weight excluding hydrogens is 310 g/mol. The second-order valence-corrected chi connectivity index (χ2v) is 6.49. The van der Waals surface area contributed by atoms with Gasteiger partial charge >= 0.3 is 0 Å². The molecule has 0 heterocycles. The third kappa shape index (κ3) is 3.27. The van der Waals surface area contributed by atoms with Crippen molar-refractivity contribution in [3.05, 3.63) is 52.5 Å². The van der Waals surface area contributed by atoms with Gasteiger partial charge in [0.1, 0.15) is 0 Å². The van der Waals surface area contributed by atoms with Crippen molar-refractivity contribution in [2.75, 3.05) is 10.5 Å². The van der Waals surface area contributed by atoms with Gasteiger partial charge in [0, 0.05) is 5.69 Å². The summed E-state index contributed by atoms with van der Waals surface area (Å²) in [7, 11) is -3.84. The van der Waals surface area contributed by atoms with Crippen LogP contribution in [0.5, 0.6) is 0 Å². The Morgan fingerprint density at radius 2 is 1.95 bits per heavy atom. The van der Waals surface area contributed by atoms with E-state index in [1.807, 2.05) is 6.07 Å². The second-order valence-electron chi connectivity index (χ2n) is 4.44. The summed E-state index contributed by atoms with van der Waals surface area (Å²) in [6, 6.07) is 10.9. The lowest BCUT2D eigenvalue weighted by atomic mass is 10.2. The number of rotatable bonds is 3. The molecule has 0 saturated heterocycles. The van der Waals surface area contributed by atoms with Crippen LogP contribution in [0.2, 0.25) is 5.02 Å². The highest BCUT2D eigenvalue weighted by Gasteiger charge is 2.18. The van der Waals surface area contributed by atoms with Crippen LogP contribution in [0.4, 0.5) is 11.4 Å². The molecule has 0 fully saturated rings. The largest absolute Gasteiger partial charge is 0.399 e. The Hall–Kier alpha value is -2.23. The fourth-order valence-corrected chi connectivity index (χ4v) is 3.42. The predicted molar refractivity (Wildman–Crippen MR) is 82.6 cm³/mol. The van der Waals surface area contributed by atoms with Gasteiger partial charge in [-0.3, -0.25) is 4.72 Å². The van der Waals surface area contributed by atoms with Gasteiger partial charge in [-0.2, -0.15) is 5.26 Å². The molecule has 108 valence electrons. The summed E-state index contributed by atoms with van der Waals surface area (Å²) in [5, 5.41) is 9.08. The zero-order valence-corrected chi connectivity index (χ0v) is 12.7. The third-order valence-corrected chi connectivity index (χ3v) is 4.66. The van der Waals surface area contributed by atoms with Crippen LogP contribution in [-0.2, 0) is 10.0 Å². The molecule has 0 aromatic heterocycles. The highest BCUT2D eigenvalue weighted by molar-refractivity contribution is 7.92. The lowest BCUT2D eigenvalue weighted by Crippen LogP contribution is -2.15. The van der Waals surface area contributed by atoms with E-state index in [2.05, 4.69) is 4.72 Å². The fourth-order valence-electron chi connectivity index (χ4n) is 1.77. The van der Waals surface area contributed by atoms with Gasteiger partial charge in [0.15, 0.2) is 0 Å². The van der Waals surface area contributed by atoms with Crippen LogP contribution in [0.25, 0.3) is 0 Å². The summed E-state index contributed by atoms with van der Waals surface area (Å²) in [5.74, 6) is 0. The SMILES string of the molecule is Cc1ccc(C#N)cc1S(=O)(=O)Nc1ccc(N)cc1Cl. The number of nitriles is 1. The highest BCUT2D eigenvalue weighted by Crippen LogP contribution is 2.27. The maximum atomic E-state index is 12.4. The quantitative estimate of drug-likeness (QED) is 0.849. The zero-order chi connectivity index (χ0) is 15.6. The first-order valence-corrected chi connectivity index (χ1v) is 7.78. The number of hydrogen-bond donors (Lipinski definition) is 2. The van der Waals surface area contributed by atoms with Crippen molar-refractivity contribution in [3.8, 4) is 6.07 Å². The van der Waals surface area contributed by atoms with Crippen molar-refractivity contribution < 1.29 is 8.42 Å². The first-order valence-electron chi connectivity index (χ1n) is 5.92. The minimum absolute atomic E-state index is 0.0365. The number of nitrogens with one attached hydrogen (secondary N) is 1. The number of nitrogen functional groups attached to an aromatic ring is 1. The maximum absolute atomic E-state index is 12.4. The Labute approximate surface area is 128 Å². The molecule has 2 rings (SSSR count). The van der Waals surface area contributed by atoms with E-state index < -0.39 is 10.0 Å². The molecular formula is C14H12ClN3O2S. The second kappa shape index (κ2) is 5.64. The monoisotopic (exact) mass is 321 g/mol. The molecule has 0 unspecified atom stereocenters. The first-order chi connectivity index (χ1) is 9.83. The molecule has 0 spiro atoms. The molecule has 0 aliphatic carbocycles. The number of sulfonamides is 1. The van der Waals surface area contributed by atoms with E-state index in [9.17, 15) is 8.42 Å². The van der Waals surface area contributed by atoms with Crippen molar-refractivity contribution in [3.63, 3.8) is 0 Å². The van der Waals surface area contributed by atoms with Crippen LogP contribution in [0.15, 0.2) is 41.3 Å². The molecule has 7 heteroatoms. The van der Waals surface area contributed by atoms with Crippen LogP contribution in [0, 0.1) is 18.3 Å². The Balaban J connectivity index is 2.46. The number of nitrogens with two attached hydrogens (primary N) is 1. The number of halogens is 1. The fraction of sp³-hybridized carbons (Fsp3) is 0.0714. The third-order valence-electron chi connectivity index (χ3n) is 2.84. The van der Waals surface area contributed by atoms with Gasteiger partial charge < -0.3 is 5.73 Å². The van der Waals surface area contributed by atoms with Crippen molar-refractivity contribution in [1.29, 1.82) is 5.26 Å². The molecule has 0 aliphatic heterocycles. The summed E-state index contributed by atoms with van der Waals surface area (Å²) < 4.78 is 27.2. The maximum Gasteiger partial charge on any atom is 0.262 e. The lowest BCUT2D eigenvalue weighted by Gasteiger charge is -2.12. The summed E-state index contributed by atoms with van der Waals surface area (Å²) >= 11 is 5.96. The molecule has 0 atom stereocenters. The van der Waals surface area contributed by atoms with Crippen molar-refractivity contribution in [2.24, 2.45) is 0 Å². The average molecular weight is 322 g/mol. The molecule has 5 nitrogen and oxygen atoms in total. The molecule has 0 aliphatic rings. The Kier molecular flexibility index (Phi) is 4.07. The standard InChI is InChI=1S/C14H12ClN3O2S/c1-9-2-3-10(8-16)6-14(9)21(19,20)18-13-5-4-11(17)7-12(13)15/h2-7,18H,17H2,1H3. The van der Waals surface area contributed by atoms with Crippen molar-refractivity contribution in [1.82, 2.24) is 0 Å². The molecule has 2 aromatic rings. The summed E-state index contributed by atoms with van der Waals surface area (Å²) in [4.78, 5) is 0.0365. The van der Waals surface area contributed by atoms with Crippen LogP contribution < -0.4 is 10.5 Å². The Bertz CT molecular complexity index is 842. The molecule has 3 N–H and O–H groups in total. The van der Waals surface area contributed by atoms with Crippen LogP contribution in [0.3, 0.4) is 0 Å². The summed E-state index contributed by atoms with van der Waals surface area (Å²) in [5.41, 5.74) is 7.03. The van der Waals surface area contributed by atoms with Crippen LogP contribution in [0.1, 0.15) is 11.1 Å². The van der Waals surface area contributed by atoms with E-state index in [4.69, 9.17) is 22.6 Å². The molecule has 0 amide bonds. The van der Waals surface area contributed by atoms with Crippen molar-refractivity contribution >= 4 is 33.0 Å². The summed E-state index contributed by atoms with van der Waals surface area (Å²) in [6.45, 7) is 1.65. The minimum atomic E-state index is -3.84. The van der Waals surface area contributed by atoms with E-state index in [0.29, 0.717) is 11.3 Å². The van der Waals surface area contributed by atoms with E-state index in [0.717, 1.165) is 0 Å². The van der Waals surface area contributed by atoms with Crippen LogP contribution >= 0.6 is 11.6 Å².